The van der Waals surface area contributed by atoms with Crippen molar-refractivity contribution in [2.45, 2.75) is 25.7 Å². The summed E-state index contributed by atoms with van der Waals surface area (Å²) < 4.78 is 0.474. The van der Waals surface area contributed by atoms with Crippen LogP contribution >= 0.6 is 93.8 Å². The lowest BCUT2D eigenvalue weighted by Gasteiger charge is -2.14. The van der Waals surface area contributed by atoms with E-state index in [-0.39, 0.29) is 56.2 Å². The number of hydrogen-bond donors (Lipinski definition) is 2. The van der Waals surface area contributed by atoms with Gasteiger partial charge in [-0.3, -0.25) is 29.0 Å². The first-order valence-corrected chi connectivity index (χ1v) is 19.7. The third-order valence-electron chi connectivity index (χ3n) is 7.21. The average Bonchev–Trinajstić information content (AvgIpc) is 3.85. The Morgan fingerprint density at radius 3 is 1.42 bits per heavy atom. The van der Waals surface area contributed by atoms with Gasteiger partial charge in [-0.25, -0.2) is 9.97 Å². The molecule has 2 N–H and O–H groups in total. The number of nitrogens with zero attached hydrogens (tertiary/aromatic N) is 4. The lowest BCUT2D eigenvalue weighted by molar-refractivity contribution is -0.125. The summed E-state index contributed by atoms with van der Waals surface area (Å²) in [5.41, 5.74) is 2.14. The van der Waals surface area contributed by atoms with Gasteiger partial charge in [-0.15, -0.1) is 22.7 Å². The smallest absolute Gasteiger partial charge is 0.267 e. The SMILES string of the molecule is O=C(CCN1C(=O)/C(=C2\SC(=S)N(CCC(=O)Nc3ncc(Cc4ccc(Cl)cc4)s3)C2=O)SC1=S)Nc1ncc(Cc2ccc(Cl)cc2)s1. The predicted octanol–water partition coefficient (Wildman–Crippen LogP) is 7.38. The van der Waals surface area contributed by atoms with E-state index < -0.39 is 11.8 Å². The summed E-state index contributed by atoms with van der Waals surface area (Å²) in [4.78, 5) is 65.5. The normalized spacial score (nSPS) is 16.1. The van der Waals surface area contributed by atoms with Crippen molar-refractivity contribution in [2.24, 2.45) is 0 Å². The molecule has 256 valence electrons. The van der Waals surface area contributed by atoms with Gasteiger partial charge in [0.2, 0.25) is 11.8 Å². The highest BCUT2D eigenvalue weighted by atomic mass is 35.5. The number of hydrogen-bond acceptors (Lipinski definition) is 12. The summed E-state index contributed by atoms with van der Waals surface area (Å²) in [5.74, 6) is -1.59. The third kappa shape index (κ3) is 9.16. The number of aromatic nitrogens is 2. The van der Waals surface area contributed by atoms with Gasteiger partial charge in [0.15, 0.2) is 10.3 Å². The molecule has 0 unspecified atom stereocenters. The van der Waals surface area contributed by atoms with Crippen LogP contribution in [-0.2, 0) is 32.0 Å². The van der Waals surface area contributed by atoms with E-state index in [1.807, 2.05) is 48.5 Å². The van der Waals surface area contributed by atoms with E-state index in [0.717, 1.165) is 44.4 Å². The van der Waals surface area contributed by atoms with Crippen LogP contribution in [0.1, 0.15) is 33.7 Å². The monoisotopic (exact) mass is 818 g/mol. The molecular weight excluding hydrogens is 796 g/mol. The largest absolute Gasteiger partial charge is 0.302 e. The topological polar surface area (TPSA) is 125 Å². The van der Waals surface area contributed by atoms with Gasteiger partial charge in [0, 0.05) is 71.0 Å². The van der Waals surface area contributed by atoms with Crippen LogP contribution in [0.25, 0.3) is 0 Å². The molecular formula is C32H24Cl2N6O4S6. The van der Waals surface area contributed by atoms with Gasteiger partial charge in [0.25, 0.3) is 11.8 Å². The van der Waals surface area contributed by atoms with Gasteiger partial charge >= 0.3 is 0 Å². The second-order valence-electron chi connectivity index (χ2n) is 10.8. The highest BCUT2D eigenvalue weighted by Crippen LogP contribution is 2.42. The summed E-state index contributed by atoms with van der Waals surface area (Å²) in [6.07, 6.45) is 4.68. The van der Waals surface area contributed by atoms with Crippen LogP contribution in [0.5, 0.6) is 0 Å². The number of thioether (sulfide) groups is 2. The molecule has 2 aliphatic rings. The zero-order valence-corrected chi connectivity index (χ0v) is 32.1. The van der Waals surface area contributed by atoms with Crippen molar-refractivity contribution in [1.82, 2.24) is 19.8 Å². The van der Waals surface area contributed by atoms with E-state index in [0.29, 0.717) is 33.2 Å². The second kappa shape index (κ2) is 16.4. The lowest BCUT2D eigenvalue weighted by Crippen LogP contribution is -2.33. The number of benzene rings is 2. The number of thiocarbonyl (C=S) groups is 2. The maximum atomic E-state index is 13.3. The maximum absolute atomic E-state index is 13.3. The molecule has 18 heteroatoms. The van der Waals surface area contributed by atoms with Crippen molar-refractivity contribution in [1.29, 1.82) is 0 Å². The minimum atomic E-state index is -0.469. The fourth-order valence-corrected chi connectivity index (χ4v) is 9.50. The number of nitrogens with one attached hydrogen (secondary N) is 2. The Labute approximate surface area is 324 Å². The quantitative estimate of drug-likeness (QED) is 0.111. The number of carbonyl (C=O) groups is 4. The maximum Gasteiger partial charge on any atom is 0.267 e. The Bertz CT molecular complexity index is 1890. The van der Waals surface area contributed by atoms with Gasteiger partial charge < -0.3 is 10.6 Å². The Hall–Kier alpha value is -3.22. The molecule has 0 bridgehead atoms. The molecule has 4 aromatic rings. The van der Waals surface area contributed by atoms with Crippen LogP contribution in [0.3, 0.4) is 0 Å². The number of rotatable bonds is 12. The first kappa shape index (κ1) is 36.6. The van der Waals surface area contributed by atoms with Crippen LogP contribution in [0.2, 0.25) is 10.0 Å². The van der Waals surface area contributed by atoms with Gasteiger partial charge in [-0.05, 0) is 35.4 Å². The number of thiazole rings is 2. The Balaban J connectivity index is 0.979. The summed E-state index contributed by atoms with van der Waals surface area (Å²) >= 11 is 27.5. The Kier molecular flexibility index (Phi) is 12.0. The van der Waals surface area contributed by atoms with Gasteiger partial charge in [0.05, 0.1) is 9.81 Å². The molecule has 2 aromatic heterocycles. The van der Waals surface area contributed by atoms with E-state index in [1.165, 1.54) is 32.5 Å². The van der Waals surface area contributed by atoms with Crippen LogP contribution < -0.4 is 10.6 Å². The number of amides is 4. The molecule has 6 rings (SSSR count). The van der Waals surface area contributed by atoms with Crippen molar-refractivity contribution in [3.63, 3.8) is 0 Å². The average molecular weight is 820 g/mol. The Morgan fingerprint density at radius 2 is 1.04 bits per heavy atom. The molecule has 2 aliphatic heterocycles. The van der Waals surface area contributed by atoms with Crippen LogP contribution in [0, 0.1) is 0 Å². The van der Waals surface area contributed by atoms with Gasteiger partial charge in [-0.2, -0.15) is 0 Å². The highest BCUT2D eigenvalue weighted by Gasteiger charge is 2.42. The van der Waals surface area contributed by atoms with Crippen molar-refractivity contribution in [2.75, 3.05) is 23.7 Å². The zero-order chi connectivity index (χ0) is 35.4. The van der Waals surface area contributed by atoms with E-state index in [9.17, 15) is 19.2 Å². The van der Waals surface area contributed by atoms with E-state index in [1.54, 1.807) is 12.4 Å². The number of halogens is 2. The molecule has 2 saturated heterocycles. The van der Waals surface area contributed by atoms with Gasteiger partial charge in [-0.1, -0.05) is 95.4 Å². The van der Waals surface area contributed by atoms with E-state index in [4.69, 9.17) is 47.6 Å². The van der Waals surface area contributed by atoms with Crippen LogP contribution in [0.4, 0.5) is 10.3 Å². The van der Waals surface area contributed by atoms with Crippen molar-refractivity contribution in [3.8, 4) is 0 Å². The fraction of sp³-hybridized carbons (Fsp3) is 0.188. The summed E-state index contributed by atoms with van der Waals surface area (Å²) in [5, 5.41) is 7.77. The first-order chi connectivity index (χ1) is 24.0. The lowest BCUT2D eigenvalue weighted by atomic mass is 10.1. The van der Waals surface area contributed by atoms with Gasteiger partial charge in [0.1, 0.15) is 8.64 Å². The fourth-order valence-electron chi connectivity index (χ4n) is 4.75. The first-order valence-electron chi connectivity index (χ1n) is 14.8. The van der Waals surface area contributed by atoms with E-state index in [2.05, 4.69) is 20.6 Å². The highest BCUT2D eigenvalue weighted by molar-refractivity contribution is 8.29. The van der Waals surface area contributed by atoms with Crippen LogP contribution in [-0.4, -0.2) is 65.1 Å². The molecule has 0 aliphatic carbocycles. The molecule has 0 saturated carbocycles. The summed E-state index contributed by atoms with van der Waals surface area (Å²) in [6.45, 7) is 0.0588. The molecule has 0 radical (unpaired) electrons. The predicted molar refractivity (Wildman–Crippen MR) is 210 cm³/mol. The number of carbonyl (C=O) groups excluding carboxylic acids is 4. The molecule has 2 aromatic carbocycles. The molecule has 0 atom stereocenters. The molecule has 2 fully saturated rings. The standard InChI is InChI=1S/C32H24Cl2N6O4S6/c33-19-5-1-17(2-6-19)13-21-15-35-29(47-21)37-23(41)9-11-39-27(43)25(49-31(39)45)26-28(44)40(32(46)50-26)12-10-24(42)38-30-36-16-22(48-30)14-18-3-7-20(34)8-4-18/h1-8,15-16H,9-14H2,(H,35,37,41)(H,36,38,42)/b26-25+. The number of anilines is 2. The molecule has 50 heavy (non-hydrogen) atoms. The third-order valence-corrected chi connectivity index (χ3v) is 12.6. The van der Waals surface area contributed by atoms with Crippen molar-refractivity contribution < 1.29 is 19.2 Å². The second-order valence-corrected chi connectivity index (χ2v) is 17.2. The zero-order valence-electron chi connectivity index (χ0n) is 25.6. The molecule has 4 amide bonds. The van der Waals surface area contributed by atoms with E-state index >= 15 is 0 Å². The molecule has 4 heterocycles. The minimum absolute atomic E-state index is 0.0242. The molecule has 10 nitrogen and oxygen atoms in total. The minimum Gasteiger partial charge on any atom is -0.302 e. The van der Waals surface area contributed by atoms with Crippen molar-refractivity contribution >= 4 is 136 Å². The summed E-state index contributed by atoms with van der Waals surface area (Å²) in [6, 6.07) is 15.0. The molecule has 0 spiro atoms. The Morgan fingerprint density at radius 1 is 0.660 bits per heavy atom. The van der Waals surface area contributed by atoms with Crippen LogP contribution in [0.15, 0.2) is 70.7 Å². The summed E-state index contributed by atoms with van der Waals surface area (Å²) in [7, 11) is 0. The van der Waals surface area contributed by atoms with Crippen molar-refractivity contribution in [3.05, 3.63) is 102 Å².